The maximum Gasteiger partial charge on any atom is 0.223 e. The van der Waals surface area contributed by atoms with Gasteiger partial charge in [-0.3, -0.25) is 0 Å². The van der Waals surface area contributed by atoms with Gasteiger partial charge in [-0.2, -0.15) is 4.98 Å². The van der Waals surface area contributed by atoms with Gasteiger partial charge in [0.15, 0.2) is 0 Å². The lowest BCUT2D eigenvalue weighted by atomic mass is 10.3. The normalized spacial score (nSPS) is 11.0. The maximum atomic E-state index is 5.73. The molecule has 0 aliphatic rings. The van der Waals surface area contributed by atoms with Gasteiger partial charge in [0.05, 0.1) is 16.6 Å². The summed E-state index contributed by atoms with van der Waals surface area (Å²) in [6, 6.07) is 2.09. The standard InChI is InChI=1S/C12H13N5S2/c1-7-4-9-10(16-12(13)17-11(9)19-7)14-3-2-8-5-18-6-15-8/h4-6H,2-3H2,1H3,(H3,13,14,16,17). The Labute approximate surface area is 118 Å². The molecule has 0 spiro atoms. The summed E-state index contributed by atoms with van der Waals surface area (Å²) < 4.78 is 0. The van der Waals surface area contributed by atoms with Crippen LogP contribution in [0.2, 0.25) is 0 Å². The molecule has 3 aromatic rings. The molecule has 0 fully saturated rings. The first-order valence-electron chi connectivity index (χ1n) is 5.87. The van der Waals surface area contributed by atoms with Gasteiger partial charge in [-0.05, 0) is 13.0 Å². The summed E-state index contributed by atoms with van der Waals surface area (Å²) in [5.74, 6) is 1.12. The Morgan fingerprint density at radius 1 is 1.37 bits per heavy atom. The smallest absolute Gasteiger partial charge is 0.223 e. The lowest BCUT2D eigenvalue weighted by molar-refractivity contribution is 0.970. The van der Waals surface area contributed by atoms with Crippen LogP contribution in [0.15, 0.2) is 17.0 Å². The molecule has 0 bridgehead atoms. The van der Waals surface area contributed by atoms with Crippen LogP contribution in [0.1, 0.15) is 10.6 Å². The molecule has 0 atom stereocenters. The number of anilines is 2. The topological polar surface area (TPSA) is 76.7 Å². The molecule has 7 heteroatoms. The average molecular weight is 291 g/mol. The summed E-state index contributed by atoms with van der Waals surface area (Å²) in [6.45, 7) is 2.84. The van der Waals surface area contributed by atoms with Crippen molar-refractivity contribution in [2.45, 2.75) is 13.3 Å². The number of hydrogen-bond acceptors (Lipinski definition) is 7. The van der Waals surface area contributed by atoms with E-state index >= 15 is 0 Å². The van der Waals surface area contributed by atoms with Crippen molar-refractivity contribution in [2.24, 2.45) is 0 Å². The second-order valence-corrected chi connectivity index (χ2v) is 6.12. The highest BCUT2D eigenvalue weighted by Crippen LogP contribution is 2.28. The zero-order valence-electron chi connectivity index (χ0n) is 10.4. The summed E-state index contributed by atoms with van der Waals surface area (Å²) >= 11 is 3.24. The molecular weight excluding hydrogens is 278 g/mol. The Kier molecular flexibility index (Phi) is 3.31. The minimum Gasteiger partial charge on any atom is -0.369 e. The summed E-state index contributed by atoms with van der Waals surface area (Å²) in [4.78, 5) is 14.9. The van der Waals surface area contributed by atoms with E-state index in [-0.39, 0.29) is 0 Å². The molecule has 0 saturated heterocycles. The van der Waals surface area contributed by atoms with Gasteiger partial charge in [0.1, 0.15) is 10.6 Å². The number of fused-ring (bicyclic) bond motifs is 1. The van der Waals surface area contributed by atoms with Crippen molar-refractivity contribution in [3.05, 3.63) is 27.5 Å². The van der Waals surface area contributed by atoms with E-state index in [9.17, 15) is 0 Å². The van der Waals surface area contributed by atoms with E-state index < -0.39 is 0 Å². The summed E-state index contributed by atoms with van der Waals surface area (Å²) in [7, 11) is 0. The number of thiazole rings is 1. The zero-order chi connectivity index (χ0) is 13.2. The van der Waals surface area contributed by atoms with Crippen LogP contribution in [-0.4, -0.2) is 21.5 Å². The number of aryl methyl sites for hydroxylation is 1. The third-order valence-electron chi connectivity index (χ3n) is 2.69. The third kappa shape index (κ3) is 2.66. The van der Waals surface area contributed by atoms with Crippen molar-refractivity contribution < 1.29 is 0 Å². The molecular formula is C12H13N5S2. The van der Waals surface area contributed by atoms with E-state index in [1.807, 2.05) is 5.51 Å². The lowest BCUT2D eigenvalue weighted by Crippen LogP contribution is -2.08. The number of rotatable bonds is 4. The van der Waals surface area contributed by atoms with Crippen molar-refractivity contribution in [3.8, 4) is 0 Å². The molecule has 0 aliphatic carbocycles. The summed E-state index contributed by atoms with van der Waals surface area (Å²) in [5, 5.41) is 6.41. The molecule has 5 nitrogen and oxygen atoms in total. The number of nitrogens with two attached hydrogens (primary N) is 1. The molecule has 0 radical (unpaired) electrons. The lowest BCUT2D eigenvalue weighted by Gasteiger charge is -2.06. The van der Waals surface area contributed by atoms with Crippen LogP contribution >= 0.6 is 22.7 Å². The molecule has 98 valence electrons. The highest BCUT2D eigenvalue weighted by atomic mass is 32.1. The molecule has 0 aromatic carbocycles. The number of aromatic nitrogens is 3. The van der Waals surface area contributed by atoms with Crippen molar-refractivity contribution in [3.63, 3.8) is 0 Å². The van der Waals surface area contributed by atoms with E-state index in [0.29, 0.717) is 5.95 Å². The van der Waals surface area contributed by atoms with Crippen molar-refractivity contribution >= 4 is 44.7 Å². The molecule has 0 unspecified atom stereocenters. The summed E-state index contributed by atoms with van der Waals surface area (Å²) in [6.07, 6.45) is 0.873. The Bertz CT molecular complexity index is 690. The first kappa shape index (κ1) is 12.3. The second-order valence-electron chi connectivity index (χ2n) is 4.16. The molecule has 0 saturated carbocycles. The van der Waals surface area contributed by atoms with Gasteiger partial charge in [0.25, 0.3) is 0 Å². The van der Waals surface area contributed by atoms with Crippen molar-refractivity contribution in [1.82, 2.24) is 15.0 Å². The minimum absolute atomic E-state index is 0.311. The fourth-order valence-corrected chi connectivity index (χ4v) is 3.34. The van der Waals surface area contributed by atoms with Crippen LogP contribution in [0.25, 0.3) is 10.2 Å². The van der Waals surface area contributed by atoms with Crippen LogP contribution in [0, 0.1) is 6.92 Å². The number of hydrogen-bond donors (Lipinski definition) is 2. The Balaban J connectivity index is 1.79. The second kappa shape index (κ2) is 5.10. The van der Waals surface area contributed by atoms with E-state index in [4.69, 9.17) is 5.73 Å². The van der Waals surface area contributed by atoms with E-state index in [1.165, 1.54) is 4.88 Å². The quantitative estimate of drug-likeness (QED) is 0.773. The molecule has 3 heterocycles. The number of nitrogens with zero attached hydrogens (tertiary/aromatic N) is 3. The minimum atomic E-state index is 0.311. The largest absolute Gasteiger partial charge is 0.369 e. The predicted octanol–water partition coefficient (Wildman–Crippen LogP) is 2.69. The average Bonchev–Trinajstić information content (AvgIpc) is 2.97. The highest BCUT2D eigenvalue weighted by molar-refractivity contribution is 7.18. The van der Waals surface area contributed by atoms with E-state index in [0.717, 1.165) is 34.7 Å². The SMILES string of the molecule is Cc1cc2c(NCCc3cscn3)nc(N)nc2s1. The number of thiophene rings is 1. The zero-order valence-corrected chi connectivity index (χ0v) is 12.0. The number of nitrogens with one attached hydrogen (secondary N) is 1. The van der Waals surface area contributed by atoms with Gasteiger partial charge in [0, 0.05) is 23.2 Å². The van der Waals surface area contributed by atoms with Gasteiger partial charge in [-0.25, -0.2) is 9.97 Å². The Morgan fingerprint density at radius 2 is 2.26 bits per heavy atom. The number of nitrogen functional groups attached to an aromatic ring is 1. The van der Waals surface area contributed by atoms with Crippen LogP contribution < -0.4 is 11.1 Å². The van der Waals surface area contributed by atoms with Crippen molar-refractivity contribution in [2.75, 3.05) is 17.6 Å². The molecule has 3 N–H and O–H groups in total. The van der Waals surface area contributed by atoms with Crippen LogP contribution in [0.4, 0.5) is 11.8 Å². The van der Waals surface area contributed by atoms with Gasteiger partial charge in [0.2, 0.25) is 5.95 Å². The fourth-order valence-electron chi connectivity index (χ4n) is 1.86. The Hall–Kier alpha value is -1.73. The molecule has 3 rings (SSSR count). The van der Waals surface area contributed by atoms with Crippen LogP contribution in [0.5, 0.6) is 0 Å². The van der Waals surface area contributed by atoms with Gasteiger partial charge in [-0.1, -0.05) is 0 Å². The molecule has 19 heavy (non-hydrogen) atoms. The molecule has 0 amide bonds. The fraction of sp³-hybridized carbons (Fsp3) is 0.250. The van der Waals surface area contributed by atoms with Gasteiger partial charge >= 0.3 is 0 Å². The van der Waals surface area contributed by atoms with Gasteiger partial charge in [-0.15, -0.1) is 22.7 Å². The molecule has 0 aliphatic heterocycles. The van der Waals surface area contributed by atoms with Crippen LogP contribution in [0.3, 0.4) is 0 Å². The van der Waals surface area contributed by atoms with E-state index in [1.54, 1.807) is 22.7 Å². The van der Waals surface area contributed by atoms with E-state index in [2.05, 4.69) is 38.6 Å². The van der Waals surface area contributed by atoms with Gasteiger partial charge < -0.3 is 11.1 Å². The first-order valence-corrected chi connectivity index (χ1v) is 7.63. The monoisotopic (exact) mass is 291 g/mol. The Morgan fingerprint density at radius 3 is 3.05 bits per heavy atom. The summed E-state index contributed by atoms with van der Waals surface area (Å²) in [5.41, 5.74) is 8.67. The van der Waals surface area contributed by atoms with Crippen LogP contribution in [-0.2, 0) is 6.42 Å². The molecule has 3 aromatic heterocycles. The first-order chi connectivity index (χ1) is 9.22. The highest BCUT2D eigenvalue weighted by Gasteiger charge is 2.08. The maximum absolute atomic E-state index is 5.73. The van der Waals surface area contributed by atoms with Crippen molar-refractivity contribution in [1.29, 1.82) is 0 Å². The third-order valence-corrected chi connectivity index (χ3v) is 4.27. The predicted molar refractivity (Wildman–Crippen MR) is 80.9 cm³/mol.